The second-order valence-electron chi connectivity index (χ2n) is 26.7. The third-order valence-corrected chi connectivity index (χ3v) is 24.2. The van der Waals surface area contributed by atoms with E-state index in [0.717, 1.165) is 0 Å². The molecule has 0 spiro atoms. The lowest BCUT2D eigenvalue weighted by molar-refractivity contribution is -0.389. The predicted octanol–water partition coefficient (Wildman–Crippen LogP) is -17.7. The van der Waals surface area contributed by atoms with Gasteiger partial charge in [0.15, 0.2) is 86.8 Å². The first-order valence-corrected chi connectivity index (χ1v) is 53.0. The third-order valence-electron chi connectivity index (χ3n) is 17.7. The Kier molecular flexibility index (Phi) is 37.8. The van der Waals surface area contributed by atoms with Crippen molar-refractivity contribution in [2.45, 2.75) is 215 Å². The second-order valence-corrected chi connectivity index (χ2v) is 41.4. The van der Waals surface area contributed by atoms with Crippen LogP contribution >= 0.6 is 0 Å². The van der Waals surface area contributed by atoms with Crippen LogP contribution in [0.4, 0.5) is 0 Å². The minimum atomic E-state index is -6.72. The highest BCUT2D eigenvalue weighted by molar-refractivity contribution is 7.84. The predicted molar refractivity (Wildman–Crippen MR) is 374 cm³/mol. The zero-order valence-corrected chi connectivity index (χ0v) is 74.6. The van der Waals surface area contributed by atoms with E-state index in [2.05, 4.69) is 58.6 Å². The average molecular weight is 2260 g/mol. The minimum Gasteiger partial charge on any atom is -0.394 e. The summed E-state index contributed by atoms with van der Waals surface area (Å²) >= 11 is 0. The lowest BCUT2D eigenvalue weighted by atomic mass is 9.95. The van der Waals surface area contributed by atoms with Crippen molar-refractivity contribution < 1.29 is 342 Å². The minimum absolute atomic E-state index is 2.15. The fourth-order valence-corrected chi connectivity index (χ4v) is 20.2. The fourth-order valence-electron chi connectivity index (χ4n) is 13.5. The molecule has 0 unspecified atom stereocenters. The Bertz CT molecular complexity index is 5560. The molecule has 0 saturated carbocycles. The van der Waals surface area contributed by atoms with Gasteiger partial charge in [-0.3, -0.25) is 63.7 Å². The van der Waals surface area contributed by atoms with E-state index in [0.29, 0.717) is 0 Å². The maximum absolute atomic E-state index is 13.0. The Morgan fingerprint density at radius 1 is 0.165 bits per heavy atom. The lowest BCUT2D eigenvalue weighted by Gasteiger charge is -2.51. The number of aliphatic hydroxyl groups excluding tert-OH is 7. The maximum Gasteiger partial charge on any atom is 0.397 e. The van der Waals surface area contributed by atoms with Crippen molar-refractivity contribution in [3.8, 4) is 0 Å². The third kappa shape index (κ3) is 34.0. The molecule has 133 heavy (non-hydrogen) atoms. The number of hydrogen-bond donors (Lipinski definition) is 21. The Morgan fingerprint density at radius 2 is 0.293 bits per heavy atom. The summed E-state index contributed by atoms with van der Waals surface area (Å²) in [6.45, 7) is -15.2. The van der Waals surface area contributed by atoms with Gasteiger partial charge in [0, 0.05) is 0 Å². The summed E-state index contributed by atoms with van der Waals surface area (Å²) in [5.74, 6) is 0. The van der Waals surface area contributed by atoms with E-state index in [1.807, 2.05) is 0 Å². The van der Waals surface area contributed by atoms with E-state index < -0.39 is 407 Å². The van der Waals surface area contributed by atoms with Crippen molar-refractivity contribution in [1.82, 2.24) is 0 Å². The molecule has 0 aliphatic carbocycles. The van der Waals surface area contributed by atoms with Gasteiger partial charge >= 0.3 is 146 Å². The van der Waals surface area contributed by atoms with Crippen LogP contribution < -0.4 is 0 Å². The van der Waals surface area contributed by atoms with E-state index in [1.165, 1.54) is 0 Å². The largest absolute Gasteiger partial charge is 0.397 e. The van der Waals surface area contributed by atoms with Crippen molar-refractivity contribution in [2.24, 2.45) is 0 Å². The van der Waals surface area contributed by atoms with Gasteiger partial charge in [-0.05, 0) is 0 Å². The standard InChI is InChI=1S/C42H70O77S14/c43-1-8-17-24(108-122(56,57)58)31(115-129(77,78)79)38(94-8)103-19-10(3-45)96-40(33(117-131(83,84)85)26(19)110-124(62,63)64)105-21-12(5-47)98-42(35(119-133(89,90)91)28(21)112-126(68,69)70)106-22-13(6-48)97-41(34(118-132(86,87)88)29(22)113-127(71,72)73)104-20-11(4-46)95-39(32(116-130(80,81)82)27(20)111-125(65,66)67)102-18-9(2-44)93-37(30(114-128(74,75)76)25(18)109-123(59,60)61)100-16-14(7-92-120(50,51)52)99-36(101-17)23(15(16)49)107-121(53,54)55/h8-49H,1-7H2,(H,50,51,52)(H,53,54,55)(H,56,57,58)(H,59,60,61)(H,62,63,64)(H,65,66,67)(H,68,69,70)(H,71,72,73)(H,74,75,76)(H,77,78,79)(H,80,81,82)(H,83,84,85)(H,86,87,88)(H,89,90,91)/t8-,9-,10-,11-,12-,13-,14-,15+,16-,17-,18-,19-,20-,21-,22-,23-,24+,25+,26+,27+,28+,29+,30-,31-,32-,33-,34-,35-,36-,37-,38-,39-,40-,41-,42-/m1/s1. The molecule has 0 aromatic heterocycles. The Balaban J connectivity index is 1.49. The monoisotopic (exact) mass is 2250 g/mol. The Morgan fingerprint density at radius 3 is 0.436 bits per heavy atom. The molecule has 91 heteroatoms. The summed E-state index contributed by atoms with van der Waals surface area (Å²) in [5, 5.41) is 78.5. The van der Waals surface area contributed by atoms with Gasteiger partial charge in [0.2, 0.25) is 0 Å². The SMILES string of the molecule is O=S(=O)(O)OC[C@H]1O[C@@H]2O[C@H]3[C@H](OS(=O)(=O)O)[C@@H](OS(=O)(=O)O)[C@@H](O[C@H]4[C@H](OS(=O)(=O)O)[C@@H](OS(=O)(=O)O)[C@@H](O[C@H]5[C@H](OS(=O)(=O)O)[C@@H](OS(=O)(=O)O)[C@@H](O[C@H]6[C@H](OS(=O)(=O)O)[C@@H](OS(=O)(=O)O)[C@@H](O[C@H]7[C@H](OS(=O)(=O)O)[C@@H](OS(=O)(=O)O)[C@@H](O[C@H]8[C@H](OS(=O)(=O)O)[C@@H](OS(=O)(=O)O)[C@@H](O[C@H]1[C@H](O)[C@H]2OS(=O)(=O)O)O[C@@H]8CO)O[C@@H]7CO)O[C@@H]6CO)O[C@@H]5CO)O[C@@H]4CO)O[C@@H]3CO. The molecule has 21 saturated heterocycles. The van der Waals surface area contributed by atoms with Gasteiger partial charge < -0.3 is 102 Å². The lowest BCUT2D eigenvalue weighted by Crippen LogP contribution is -2.70. The van der Waals surface area contributed by atoms with Gasteiger partial charge in [-0.15, -0.1) is 0 Å². The van der Waals surface area contributed by atoms with E-state index in [-0.39, 0.29) is 0 Å². The summed E-state index contributed by atoms with van der Waals surface area (Å²) in [7, 11) is -93.4. The van der Waals surface area contributed by atoms with Crippen LogP contribution in [0.15, 0.2) is 0 Å². The van der Waals surface area contributed by atoms with Gasteiger partial charge in [-0.25, -0.2) is 58.6 Å². The molecule has 21 N–H and O–H groups in total. The second kappa shape index (κ2) is 43.5. The highest BCUT2D eigenvalue weighted by atomic mass is 32.3. The van der Waals surface area contributed by atoms with Crippen molar-refractivity contribution >= 4 is 146 Å². The number of hydrogen-bond acceptors (Lipinski definition) is 63. The van der Waals surface area contributed by atoms with Crippen molar-refractivity contribution in [3.05, 3.63) is 0 Å². The molecule has 21 rings (SSSR count). The fraction of sp³-hybridized carbons (Fsp3) is 1.00. The number of aliphatic hydroxyl groups is 7. The van der Waals surface area contributed by atoms with Gasteiger partial charge in [0.1, 0.15) is 128 Å². The summed E-state index contributed by atoms with van der Waals surface area (Å²) in [6, 6.07) is 0. The first-order chi connectivity index (χ1) is 60.2. The van der Waals surface area contributed by atoms with Crippen LogP contribution in [-0.4, -0.2) is 479 Å². The molecule has 0 amide bonds. The quantitative estimate of drug-likeness (QED) is 0.0262. The van der Waals surface area contributed by atoms with Gasteiger partial charge in [0.25, 0.3) is 0 Å². The van der Waals surface area contributed by atoms with Gasteiger partial charge in [-0.2, -0.15) is 118 Å². The molecule has 784 valence electrons. The first kappa shape index (κ1) is 116. The van der Waals surface area contributed by atoms with Crippen molar-refractivity contribution in [1.29, 1.82) is 0 Å². The maximum atomic E-state index is 13.0. The van der Waals surface area contributed by atoms with E-state index in [4.69, 9.17) is 66.3 Å². The van der Waals surface area contributed by atoms with E-state index >= 15 is 0 Å². The molecule has 0 radical (unpaired) electrons. The highest BCUT2D eigenvalue weighted by Gasteiger charge is 2.67. The molecule has 14 bridgehead atoms. The summed E-state index contributed by atoms with van der Waals surface area (Å²) in [5.41, 5.74) is 0. The van der Waals surface area contributed by atoms with Crippen LogP contribution in [0.5, 0.6) is 0 Å². The van der Waals surface area contributed by atoms with Crippen molar-refractivity contribution in [3.63, 3.8) is 0 Å². The zero-order valence-electron chi connectivity index (χ0n) is 63.1. The van der Waals surface area contributed by atoms with Gasteiger partial charge in [0.05, 0.1) is 46.2 Å². The molecule has 21 aliphatic rings. The normalized spacial score (nSPS) is 38.8. The van der Waals surface area contributed by atoms with Crippen LogP contribution in [0.1, 0.15) is 0 Å². The topological polar surface area (TPSA) is 1160 Å². The average Bonchev–Trinajstić information content (AvgIpc) is 0.790. The van der Waals surface area contributed by atoms with Crippen LogP contribution in [0.3, 0.4) is 0 Å². The van der Waals surface area contributed by atoms with Crippen LogP contribution in [0.2, 0.25) is 0 Å². The molecular weight excluding hydrogens is 2190 g/mol. The van der Waals surface area contributed by atoms with Gasteiger partial charge in [-0.1, -0.05) is 0 Å². The van der Waals surface area contributed by atoms with E-state index in [9.17, 15) is 217 Å². The molecule has 35 atom stereocenters. The zero-order chi connectivity index (χ0) is 101. The van der Waals surface area contributed by atoms with Crippen LogP contribution in [0.25, 0.3) is 0 Å². The smallest absolute Gasteiger partial charge is 0.394 e. The molecule has 21 fully saturated rings. The molecule has 21 heterocycles. The molecular formula is C42H70O77S14. The highest BCUT2D eigenvalue weighted by Crippen LogP contribution is 2.46. The summed E-state index contributed by atoms with van der Waals surface area (Å²) < 4.78 is 645. The van der Waals surface area contributed by atoms with Crippen LogP contribution in [-0.2, 0) is 270 Å². The van der Waals surface area contributed by atoms with E-state index in [1.54, 1.807) is 0 Å². The molecule has 21 aliphatic heterocycles. The molecule has 0 aromatic rings. The summed E-state index contributed by atoms with van der Waals surface area (Å²) in [4.78, 5) is 0. The molecule has 77 nitrogen and oxygen atoms in total. The van der Waals surface area contributed by atoms with Crippen LogP contribution in [0, 0.1) is 0 Å². The molecule has 0 aromatic carbocycles. The Hall–Kier alpha value is -2.66. The number of rotatable bonds is 35. The Labute approximate surface area is 744 Å². The first-order valence-electron chi connectivity index (χ1n) is 33.9. The summed E-state index contributed by atoms with van der Waals surface area (Å²) in [6.07, 6.45) is -125. The van der Waals surface area contributed by atoms with Crippen molar-refractivity contribution in [2.75, 3.05) is 46.2 Å². The number of ether oxygens (including phenoxy) is 14.